The fraction of sp³-hybridized carbons (Fsp3) is 0.350. The first-order chi connectivity index (χ1) is 12.8. The van der Waals surface area contributed by atoms with Crippen LogP contribution < -0.4 is 14.4 Å². The summed E-state index contributed by atoms with van der Waals surface area (Å²) in [4.78, 5) is 9.71. The Bertz CT molecular complexity index is 832. The molecule has 1 fully saturated rings. The van der Waals surface area contributed by atoms with E-state index in [2.05, 4.69) is 40.1 Å². The number of aromatic nitrogens is 1. The zero-order valence-corrected chi connectivity index (χ0v) is 16.0. The predicted molar refractivity (Wildman–Crippen MR) is 107 cm³/mol. The lowest BCUT2D eigenvalue weighted by atomic mass is 10.2. The summed E-state index contributed by atoms with van der Waals surface area (Å²) in [5.74, 6) is 1.65. The second-order valence-electron chi connectivity index (χ2n) is 6.39. The Labute approximate surface area is 157 Å². The first kappa shape index (κ1) is 17.1. The number of ether oxygens (including phenoxy) is 2. The third-order valence-electron chi connectivity index (χ3n) is 4.79. The zero-order chi connectivity index (χ0) is 17.9. The first-order valence-electron chi connectivity index (χ1n) is 8.81. The van der Waals surface area contributed by atoms with Gasteiger partial charge < -0.3 is 14.4 Å². The summed E-state index contributed by atoms with van der Waals surface area (Å²) >= 11 is 1.68. The van der Waals surface area contributed by atoms with Crippen LogP contribution in [-0.4, -0.2) is 50.3 Å². The van der Waals surface area contributed by atoms with Gasteiger partial charge in [0.25, 0.3) is 0 Å². The van der Waals surface area contributed by atoms with Crippen molar-refractivity contribution in [1.82, 2.24) is 9.88 Å². The van der Waals surface area contributed by atoms with E-state index in [0.717, 1.165) is 59.6 Å². The molecule has 136 valence electrons. The van der Waals surface area contributed by atoms with Crippen molar-refractivity contribution < 1.29 is 9.47 Å². The number of hydrogen-bond acceptors (Lipinski definition) is 6. The highest BCUT2D eigenvalue weighted by Gasteiger charge is 2.22. The fourth-order valence-corrected chi connectivity index (χ4v) is 4.47. The van der Waals surface area contributed by atoms with Gasteiger partial charge in [-0.2, -0.15) is 0 Å². The van der Waals surface area contributed by atoms with Crippen LogP contribution in [0, 0.1) is 0 Å². The SMILES string of the molecule is COc1ccc(OC)c2sc(N3CCN(Cc4ccccc4)CC3)nc12. The van der Waals surface area contributed by atoms with Crippen LogP contribution >= 0.6 is 11.3 Å². The molecule has 0 saturated carbocycles. The molecule has 1 aromatic heterocycles. The maximum Gasteiger partial charge on any atom is 0.186 e. The Morgan fingerprint density at radius 2 is 1.62 bits per heavy atom. The summed E-state index contributed by atoms with van der Waals surface area (Å²) in [5, 5.41) is 1.04. The van der Waals surface area contributed by atoms with Crippen molar-refractivity contribution in [3.63, 3.8) is 0 Å². The highest BCUT2D eigenvalue weighted by atomic mass is 32.1. The molecule has 0 N–H and O–H groups in total. The largest absolute Gasteiger partial charge is 0.495 e. The maximum atomic E-state index is 5.50. The second-order valence-corrected chi connectivity index (χ2v) is 7.37. The molecular weight excluding hydrogens is 346 g/mol. The maximum absolute atomic E-state index is 5.50. The van der Waals surface area contributed by atoms with Gasteiger partial charge in [-0.3, -0.25) is 4.90 Å². The van der Waals surface area contributed by atoms with E-state index in [4.69, 9.17) is 14.5 Å². The number of piperazine rings is 1. The molecule has 2 aromatic carbocycles. The Balaban J connectivity index is 1.49. The summed E-state index contributed by atoms with van der Waals surface area (Å²) in [7, 11) is 3.38. The summed E-state index contributed by atoms with van der Waals surface area (Å²) in [6, 6.07) is 14.5. The minimum atomic E-state index is 0.797. The van der Waals surface area contributed by atoms with Gasteiger partial charge in [0.05, 0.1) is 14.2 Å². The van der Waals surface area contributed by atoms with Gasteiger partial charge in [0.1, 0.15) is 21.7 Å². The van der Waals surface area contributed by atoms with Crippen LogP contribution in [0.25, 0.3) is 10.2 Å². The Hall–Kier alpha value is -2.31. The zero-order valence-electron chi connectivity index (χ0n) is 15.1. The van der Waals surface area contributed by atoms with Gasteiger partial charge >= 0.3 is 0 Å². The topological polar surface area (TPSA) is 37.8 Å². The van der Waals surface area contributed by atoms with Crippen LogP contribution in [0.1, 0.15) is 5.56 Å². The van der Waals surface area contributed by atoms with Crippen molar-refractivity contribution >= 4 is 26.7 Å². The van der Waals surface area contributed by atoms with Crippen molar-refractivity contribution in [2.24, 2.45) is 0 Å². The van der Waals surface area contributed by atoms with E-state index < -0.39 is 0 Å². The molecule has 0 atom stereocenters. The normalized spacial score (nSPS) is 15.4. The van der Waals surface area contributed by atoms with E-state index in [9.17, 15) is 0 Å². The molecule has 5 nitrogen and oxygen atoms in total. The minimum absolute atomic E-state index is 0.797. The highest BCUT2D eigenvalue weighted by Crippen LogP contribution is 2.40. The van der Waals surface area contributed by atoms with E-state index in [-0.39, 0.29) is 0 Å². The van der Waals surface area contributed by atoms with Crippen molar-refractivity contribution in [2.45, 2.75) is 6.54 Å². The third kappa shape index (κ3) is 3.34. The highest BCUT2D eigenvalue weighted by molar-refractivity contribution is 7.22. The average Bonchev–Trinajstić information content (AvgIpc) is 3.14. The third-order valence-corrected chi connectivity index (χ3v) is 5.92. The number of thiazole rings is 1. The van der Waals surface area contributed by atoms with Crippen LogP contribution in [0.3, 0.4) is 0 Å². The summed E-state index contributed by atoms with van der Waals surface area (Å²) in [6.45, 7) is 5.06. The molecule has 1 saturated heterocycles. The molecule has 3 aromatic rings. The van der Waals surface area contributed by atoms with Crippen LogP contribution in [0.2, 0.25) is 0 Å². The van der Waals surface area contributed by atoms with E-state index in [1.54, 1.807) is 25.6 Å². The molecule has 0 unspecified atom stereocenters. The summed E-state index contributed by atoms with van der Waals surface area (Å²) in [6.07, 6.45) is 0. The smallest absolute Gasteiger partial charge is 0.186 e. The first-order valence-corrected chi connectivity index (χ1v) is 9.63. The van der Waals surface area contributed by atoms with Gasteiger partial charge in [0.2, 0.25) is 0 Å². The molecule has 0 aliphatic carbocycles. The second kappa shape index (κ2) is 7.51. The molecule has 1 aliphatic heterocycles. The number of anilines is 1. The quantitative estimate of drug-likeness (QED) is 0.686. The average molecular weight is 369 g/mol. The van der Waals surface area contributed by atoms with Gasteiger partial charge in [-0.25, -0.2) is 4.98 Å². The number of methoxy groups -OCH3 is 2. The lowest BCUT2D eigenvalue weighted by molar-refractivity contribution is 0.250. The van der Waals surface area contributed by atoms with Crippen LogP contribution in [0.5, 0.6) is 11.5 Å². The predicted octanol–water partition coefficient (Wildman–Crippen LogP) is 3.64. The van der Waals surface area contributed by atoms with Crippen LogP contribution in [0.4, 0.5) is 5.13 Å². The lowest BCUT2D eigenvalue weighted by Gasteiger charge is -2.34. The molecule has 0 spiro atoms. The molecule has 1 aliphatic rings. The number of nitrogens with zero attached hydrogens (tertiary/aromatic N) is 3. The Morgan fingerprint density at radius 1 is 0.923 bits per heavy atom. The molecule has 4 rings (SSSR count). The molecule has 26 heavy (non-hydrogen) atoms. The van der Waals surface area contributed by atoms with Crippen molar-refractivity contribution in [3.05, 3.63) is 48.0 Å². The van der Waals surface area contributed by atoms with Gasteiger partial charge in [-0.05, 0) is 17.7 Å². The van der Waals surface area contributed by atoms with Crippen LogP contribution in [-0.2, 0) is 6.54 Å². The molecule has 2 heterocycles. The number of rotatable bonds is 5. The summed E-state index contributed by atoms with van der Waals surface area (Å²) in [5.41, 5.74) is 2.26. The minimum Gasteiger partial charge on any atom is -0.495 e. The molecular formula is C20H23N3O2S. The van der Waals surface area contributed by atoms with Crippen molar-refractivity contribution in [1.29, 1.82) is 0 Å². The lowest BCUT2D eigenvalue weighted by Crippen LogP contribution is -2.45. The van der Waals surface area contributed by atoms with Gasteiger partial charge in [0.15, 0.2) is 5.13 Å². The van der Waals surface area contributed by atoms with E-state index in [1.807, 2.05) is 12.1 Å². The van der Waals surface area contributed by atoms with Crippen molar-refractivity contribution in [3.8, 4) is 11.5 Å². The number of benzene rings is 2. The fourth-order valence-electron chi connectivity index (χ4n) is 3.35. The van der Waals surface area contributed by atoms with E-state index in [0.29, 0.717) is 0 Å². The van der Waals surface area contributed by atoms with E-state index in [1.165, 1.54) is 5.56 Å². The molecule has 0 amide bonds. The molecule has 0 bridgehead atoms. The number of hydrogen-bond donors (Lipinski definition) is 0. The van der Waals surface area contributed by atoms with Gasteiger partial charge in [-0.1, -0.05) is 41.7 Å². The van der Waals surface area contributed by atoms with Gasteiger partial charge in [0, 0.05) is 32.7 Å². The Morgan fingerprint density at radius 3 is 2.31 bits per heavy atom. The van der Waals surface area contributed by atoms with Crippen LogP contribution in [0.15, 0.2) is 42.5 Å². The van der Waals surface area contributed by atoms with Crippen molar-refractivity contribution in [2.75, 3.05) is 45.3 Å². The number of fused-ring (bicyclic) bond motifs is 1. The van der Waals surface area contributed by atoms with Gasteiger partial charge in [-0.15, -0.1) is 0 Å². The summed E-state index contributed by atoms with van der Waals surface area (Å²) < 4.78 is 12.0. The molecule has 6 heteroatoms. The Kier molecular flexibility index (Phi) is 4.95. The van der Waals surface area contributed by atoms with E-state index >= 15 is 0 Å². The molecule has 0 radical (unpaired) electrons. The standard InChI is InChI=1S/C20H23N3O2S/c1-24-16-8-9-17(25-2)19-18(16)21-20(26-19)23-12-10-22(11-13-23)14-15-6-4-3-5-7-15/h3-9H,10-14H2,1-2H3. The monoisotopic (exact) mass is 369 g/mol.